The number of nitrogens with one attached hydrogen (secondary N) is 1. The van der Waals surface area contributed by atoms with E-state index < -0.39 is 41.8 Å². The van der Waals surface area contributed by atoms with Crippen molar-refractivity contribution in [3.05, 3.63) is 83.0 Å². The first-order valence-electron chi connectivity index (χ1n) is 23.4. The second-order valence-corrected chi connectivity index (χ2v) is 17.7. The predicted molar refractivity (Wildman–Crippen MR) is 248 cm³/mol. The molecular formula is C49H55N9O11. The highest BCUT2D eigenvalue weighted by molar-refractivity contribution is 6.23. The van der Waals surface area contributed by atoms with Crippen molar-refractivity contribution < 1.29 is 52.8 Å². The largest absolute Gasteiger partial charge is 0.491 e. The van der Waals surface area contributed by atoms with Crippen LogP contribution in [0.3, 0.4) is 0 Å². The summed E-state index contributed by atoms with van der Waals surface area (Å²) in [7, 11) is 2.04. The molecule has 5 amide bonds. The van der Waals surface area contributed by atoms with E-state index in [1.165, 1.54) is 22.4 Å². The lowest BCUT2D eigenvalue weighted by atomic mass is 10.0. The highest BCUT2D eigenvalue weighted by Gasteiger charge is 2.45. The van der Waals surface area contributed by atoms with Crippen LogP contribution in [0.25, 0.3) is 10.8 Å². The van der Waals surface area contributed by atoms with Crippen LogP contribution in [-0.4, -0.2) is 170 Å². The van der Waals surface area contributed by atoms with Gasteiger partial charge in [-0.3, -0.25) is 34.3 Å². The number of carbonyl (C=O) groups excluding carboxylic acids is 4. The number of likely N-dealkylation sites (tertiary alicyclic amines) is 1. The van der Waals surface area contributed by atoms with Crippen LogP contribution >= 0.6 is 0 Å². The Bertz CT molecular complexity index is 2640. The van der Waals surface area contributed by atoms with Gasteiger partial charge in [-0.25, -0.2) is 4.79 Å². The topological polar surface area (TPSA) is 230 Å². The molecule has 3 saturated heterocycles. The summed E-state index contributed by atoms with van der Waals surface area (Å²) in [6, 6.07) is 20.2. The third-order valence-electron chi connectivity index (χ3n) is 13.4. The van der Waals surface area contributed by atoms with E-state index in [9.17, 15) is 34.3 Å². The molecule has 6 heterocycles. The normalized spacial score (nSPS) is 21.6. The Morgan fingerprint density at radius 3 is 2.43 bits per heavy atom. The number of rotatable bonds is 18. The van der Waals surface area contributed by atoms with E-state index in [2.05, 4.69) is 56.4 Å². The maximum Gasteiger partial charge on any atom is 0.407 e. The number of aromatic nitrogens is 2. The molecule has 0 radical (unpaired) electrons. The number of benzene rings is 3. The third kappa shape index (κ3) is 10.4. The number of carbonyl (C=O) groups is 5. The molecule has 4 atom stereocenters. The van der Waals surface area contributed by atoms with Gasteiger partial charge in [-0.2, -0.15) is 15.2 Å². The number of amides is 5. The van der Waals surface area contributed by atoms with Crippen LogP contribution in [0.5, 0.6) is 11.8 Å². The van der Waals surface area contributed by atoms with Crippen LogP contribution in [0.2, 0.25) is 0 Å². The minimum atomic E-state index is -1.03. The number of piperidine rings is 1. The highest BCUT2D eigenvalue weighted by Crippen LogP contribution is 2.36. The molecule has 0 bridgehead atoms. The summed E-state index contributed by atoms with van der Waals surface area (Å²) >= 11 is 0. The van der Waals surface area contributed by atoms with Crippen molar-refractivity contribution in [2.24, 2.45) is 0 Å². The van der Waals surface area contributed by atoms with Crippen LogP contribution in [0.1, 0.15) is 57.7 Å². The van der Waals surface area contributed by atoms with Gasteiger partial charge in [0.2, 0.25) is 11.8 Å². The summed E-state index contributed by atoms with van der Waals surface area (Å²) in [4.78, 5) is 80.8. The molecule has 5 aliphatic rings. The molecule has 1 unspecified atom stereocenters. The van der Waals surface area contributed by atoms with Crippen LogP contribution < -0.4 is 24.6 Å². The molecule has 2 N–H and O–H groups in total. The van der Waals surface area contributed by atoms with E-state index in [-0.39, 0.29) is 68.3 Å². The molecule has 4 aromatic rings. The monoisotopic (exact) mass is 945 g/mol. The maximum atomic E-state index is 13.1. The van der Waals surface area contributed by atoms with Crippen molar-refractivity contribution in [3.8, 4) is 17.8 Å². The fraction of sp³-hybridized carbons (Fsp3) is 0.469. The Morgan fingerprint density at radius 2 is 1.62 bits per heavy atom. The highest BCUT2D eigenvalue weighted by atomic mass is 16.6. The van der Waals surface area contributed by atoms with Gasteiger partial charge in [0.15, 0.2) is 0 Å². The van der Waals surface area contributed by atoms with Gasteiger partial charge in [-0.15, -0.1) is 0 Å². The minimum Gasteiger partial charge on any atom is -0.491 e. The fourth-order valence-electron chi connectivity index (χ4n) is 9.85. The molecule has 0 spiro atoms. The summed E-state index contributed by atoms with van der Waals surface area (Å²) in [6.07, 6.45) is 0.593. The summed E-state index contributed by atoms with van der Waals surface area (Å²) in [5, 5.41) is 23.9. The molecule has 9 rings (SSSR count). The van der Waals surface area contributed by atoms with Gasteiger partial charge in [0.25, 0.3) is 11.8 Å². The average molecular weight is 946 g/mol. The number of hydrogen-bond acceptors (Lipinski definition) is 16. The van der Waals surface area contributed by atoms with Gasteiger partial charge in [-0.05, 0) is 56.0 Å². The van der Waals surface area contributed by atoms with E-state index in [1.54, 1.807) is 6.07 Å². The maximum absolute atomic E-state index is 13.1. The quantitative estimate of drug-likeness (QED) is 0.108. The molecule has 5 aliphatic heterocycles. The van der Waals surface area contributed by atoms with E-state index in [0.717, 1.165) is 46.0 Å². The number of likely N-dealkylation sites (N-methyl/N-ethyl adjacent to an activating group) is 1. The number of piperazine rings is 1. The molecule has 20 heteroatoms. The molecule has 3 fully saturated rings. The summed E-state index contributed by atoms with van der Waals surface area (Å²) in [5.41, 5.74) is 3.33. The van der Waals surface area contributed by atoms with Crippen molar-refractivity contribution in [1.29, 1.82) is 5.26 Å². The summed E-state index contributed by atoms with van der Waals surface area (Å²) in [5.74, 6) is -1.15. The number of ether oxygens (including phenoxy) is 5. The van der Waals surface area contributed by atoms with Crippen LogP contribution in [0.15, 0.2) is 60.7 Å². The van der Waals surface area contributed by atoms with E-state index >= 15 is 0 Å². The Morgan fingerprint density at radius 1 is 0.841 bits per heavy atom. The van der Waals surface area contributed by atoms with Crippen molar-refractivity contribution >= 4 is 52.0 Å². The molecule has 0 aliphatic carbocycles. The van der Waals surface area contributed by atoms with Crippen LogP contribution in [0.4, 0.5) is 16.3 Å². The van der Waals surface area contributed by atoms with E-state index in [0.29, 0.717) is 71.4 Å². The molecule has 69 heavy (non-hydrogen) atoms. The van der Waals surface area contributed by atoms with Crippen LogP contribution in [0, 0.1) is 11.3 Å². The zero-order valence-corrected chi connectivity index (χ0v) is 38.4. The molecule has 20 nitrogen and oxygen atoms in total. The first-order chi connectivity index (χ1) is 33.6. The summed E-state index contributed by atoms with van der Waals surface area (Å²) in [6.45, 7) is 5.34. The lowest BCUT2D eigenvalue weighted by molar-refractivity contribution is -0.136. The number of hydrogen-bond donors (Lipinski definition) is 2. The van der Waals surface area contributed by atoms with Crippen LogP contribution in [-0.2, 0) is 36.8 Å². The first-order valence-corrected chi connectivity index (χ1v) is 23.4. The molecule has 3 aromatic carbocycles. The number of nitriles is 1. The zero-order valence-electron chi connectivity index (χ0n) is 38.4. The number of nitrogens with zero attached hydrogens (tertiary/aromatic N) is 8. The smallest absolute Gasteiger partial charge is 0.407 e. The first kappa shape index (κ1) is 47.2. The average Bonchev–Trinajstić information content (AvgIpc) is 3.83. The molecule has 1 aromatic heterocycles. The Labute approximate surface area is 398 Å². The van der Waals surface area contributed by atoms with Gasteiger partial charge in [0.05, 0.1) is 81.0 Å². The molecule has 362 valence electrons. The molecule has 0 saturated carbocycles. The number of imide groups is 2. The van der Waals surface area contributed by atoms with Crippen molar-refractivity contribution in [2.45, 2.75) is 62.9 Å². The second-order valence-electron chi connectivity index (χ2n) is 17.7. The standard InChI is InChI=1S/C49H55N9O11/c1-54-28-35(68-24-22-66-20-19-65-21-23-67-34-9-10-37-39(26-34)47(62)58(46(37)61)42-11-12-43(59)52-45(42)60)25-33(54)30-69-48-51-40-29-55(41-8-4-6-31-5-2-3-7-36(31)41)16-14-38(40)44(53-48)56-17-18-57(49(63)64)32(27-56)13-15-50/h2-10,26,32-33,35,42H,11-14,16-25,27-30H2,1H3,(H,63,64)(H,52,59,60)/t32-,33-,35+,42?/m0/s1. The Kier molecular flexibility index (Phi) is 14.5. The van der Waals surface area contributed by atoms with E-state index in [4.69, 9.17) is 33.7 Å². The van der Waals surface area contributed by atoms with Gasteiger partial charge in [-0.1, -0.05) is 36.4 Å². The number of carboxylic acid groups (broad SMARTS) is 1. The van der Waals surface area contributed by atoms with Crippen molar-refractivity contribution in [1.82, 2.24) is 30.0 Å². The van der Waals surface area contributed by atoms with Crippen molar-refractivity contribution in [2.75, 3.05) is 95.8 Å². The van der Waals surface area contributed by atoms with E-state index in [1.807, 2.05) is 19.2 Å². The Hall–Kier alpha value is -6.92. The number of anilines is 2. The minimum absolute atomic E-state index is 0.0226. The SMILES string of the molecule is CN1C[C@H](OCCOCCOCCOc2ccc3c(c2)C(=O)N(C2CCC(=O)NC2=O)C3=O)C[C@H]1COc1nc2c(c(N3CCN(C(=O)O)[C@@H](CC#N)C3)n1)CCN(c1cccc3ccccc13)C2. The fourth-order valence-corrected chi connectivity index (χ4v) is 9.85. The van der Waals surface area contributed by atoms with Gasteiger partial charge < -0.3 is 43.5 Å². The Balaban J connectivity index is 0.722. The zero-order chi connectivity index (χ0) is 48.0. The molecular weight excluding hydrogens is 891 g/mol. The van der Waals surface area contributed by atoms with Gasteiger partial charge in [0.1, 0.15) is 30.8 Å². The predicted octanol–water partition coefficient (Wildman–Crippen LogP) is 3.26. The third-order valence-corrected chi connectivity index (χ3v) is 13.4. The lowest BCUT2D eigenvalue weighted by Gasteiger charge is -2.41. The lowest BCUT2D eigenvalue weighted by Crippen LogP contribution is -2.55. The second kappa shape index (κ2) is 21.2. The number of fused-ring (bicyclic) bond motifs is 3. The van der Waals surface area contributed by atoms with Gasteiger partial charge in [0, 0.05) is 61.8 Å². The summed E-state index contributed by atoms with van der Waals surface area (Å²) < 4.78 is 29.7. The van der Waals surface area contributed by atoms with Gasteiger partial charge >= 0.3 is 12.1 Å². The van der Waals surface area contributed by atoms with Crippen molar-refractivity contribution in [3.63, 3.8) is 0 Å².